The maximum atomic E-state index is 8.72. The summed E-state index contributed by atoms with van der Waals surface area (Å²) in [5.74, 6) is 1.45. The van der Waals surface area contributed by atoms with Crippen molar-refractivity contribution in [2.24, 2.45) is 11.1 Å². The van der Waals surface area contributed by atoms with Crippen LogP contribution in [0.4, 0.5) is 0 Å². The lowest BCUT2D eigenvalue weighted by Crippen LogP contribution is -2.16. The first-order valence-electron chi connectivity index (χ1n) is 4.09. The number of hydrogen-bond acceptors (Lipinski definition) is 3. The van der Waals surface area contributed by atoms with Gasteiger partial charge < -0.3 is 9.62 Å². The van der Waals surface area contributed by atoms with Gasteiger partial charge in [-0.05, 0) is 18.4 Å². The van der Waals surface area contributed by atoms with E-state index in [-0.39, 0.29) is 0 Å². The molecular formula is C9H11NO2. The zero-order valence-electron chi connectivity index (χ0n) is 6.95. The van der Waals surface area contributed by atoms with Crippen LogP contribution in [0.25, 0.3) is 0 Å². The topological polar surface area (TPSA) is 45.7 Å². The third-order valence-corrected chi connectivity index (χ3v) is 2.25. The van der Waals surface area contributed by atoms with Gasteiger partial charge in [0.1, 0.15) is 5.76 Å². The highest BCUT2D eigenvalue weighted by Crippen LogP contribution is 2.26. The second-order valence-electron chi connectivity index (χ2n) is 3.32. The molecule has 12 heavy (non-hydrogen) atoms. The summed E-state index contributed by atoms with van der Waals surface area (Å²) in [5.41, 5.74) is 1.72. The van der Waals surface area contributed by atoms with Gasteiger partial charge in [-0.3, -0.25) is 0 Å². The molecule has 1 unspecified atom stereocenters. The van der Waals surface area contributed by atoms with Crippen LogP contribution in [0.5, 0.6) is 0 Å². The van der Waals surface area contributed by atoms with Crippen LogP contribution in [0.3, 0.4) is 0 Å². The highest BCUT2D eigenvalue weighted by atomic mass is 16.4. The van der Waals surface area contributed by atoms with E-state index >= 15 is 0 Å². The first-order valence-corrected chi connectivity index (χ1v) is 4.09. The van der Waals surface area contributed by atoms with E-state index in [2.05, 4.69) is 12.1 Å². The summed E-state index contributed by atoms with van der Waals surface area (Å²) in [6, 6.07) is 1.86. The molecule has 0 aliphatic heterocycles. The van der Waals surface area contributed by atoms with Crippen molar-refractivity contribution in [1.82, 2.24) is 0 Å². The first kappa shape index (κ1) is 7.40. The highest BCUT2D eigenvalue weighted by molar-refractivity contribution is 6.01. The van der Waals surface area contributed by atoms with Crippen LogP contribution in [-0.2, 0) is 6.42 Å². The predicted molar refractivity (Wildman–Crippen MR) is 44.5 cm³/mol. The van der Waals surface area contributed by atoms with E-state index in [9.17, 15) is 0 Å². The number of fused-ring (bicyclic) bond motifs is 1. The molecular weight excluding hydrogens is 154 g/mol. The maximum absolute atomic E-state index is 8.72. The average molecular weight is 165 g/mol. The monoisotopic (exact) mass is 165 g/mol. The molecule has 3 heteroatoms. The zero-order chi connectivity index (χ0) is 8.55. The summed E-state index contributed by atoms with van der Waals surface area (Å²) in [6.07, 6.45) is 3.43. The van der Waals surface area contributed by atoms with Crippen molar-refractivity contribution in [2.45, 2.75) is 19.8 Å². The number of hydrogen-bond donors (Lipinski definition) is 1. The van der Waals surface area contributed by atoms with Crippen molar-refractivity contribution in [2.75, 3.05) is 0 Å². The summed E-state index contributed by atoms with van der Waals surface area (Å²) in [4.78, 5) is 0. The number of oxime groups is 1. The lowest BCUT2D eigenvalue weighted by Gasteiger charge is -2.17. The minimum atomic E-state index is 0.509. The Labute approximate surface area is 70.7 Å². The molecule has 0 amide bonds. The molecule has 1 aromatic rings. The molecule has 3 nitrogen and oxygen atoms in total. The van der Waals surface area contributed by atoms with Crippen LogP contribution in [0.2, 0.25) is 0 Å². The summed E-state index contributed by atoms with van der Waals surface area (Å²) in [6.45, 7) is 2.12. The Bertz CT molecular complexity index is 314. The van der Waals surface area contributed by atoms with Gasteiger partial charge in [0.15, 0.2) is 0 Å². The molecule has 1 atom stereocenters. The quantitative estimate of drug-likeness (QED) is 0.472. The molecule has 0 saturated heterocycles. The van der Waals surface area contributed by atoms with Crippen LogP contribution in [0.15, 0.2) is 21.9 Å². The fourth-order valence-electron chi connectivity index (χ4n) is 1.68. The maximum Gasteiger partial charge on any atom is 0.113 e. The Morgan fingerprint density at radius 2 is 2.42 bits per heavy atom. The summed E-state index contributed by atoms with van der Waals surface area (Å²) < 4.78 is 5.27. The Morgan fingerprint density at radius 3 is 3.17 bits per heavy atom. The van der Waals surface area contributed by atoms with Gasteiger partial charge in [-0.25, -0.2) is 0 Å². The molecule has 0 bridgehead atoms. The van der Waals surface area contributed by atoms with Gasteiger partial charge in [-0.1, -0.05) is 12.1 Å². The van der Waals surface area contributed by atoms with Crippen molar-refractivity contribution in [1.29, 1.82) is 0 Å². The SMILES string of the molecule is CC1C/C(=N/O)c2ccoc2C1. The Kier molecular flexibility index (Phi) is 1.64. The first-order chi connectivity index (χ1) is 5.81. The van der Waals surface area contributed by atoms with Crippen LogP contribution in [-0.4, -0.2) is 10.9 Å². The van der Waals surface area contributed by atoms with E-state index in [1.54, 1.807) is 6.26 Å². The van der Waals surface area contributed by atoms with Crippen molar-refractivity contribution < 1.29 is 9.62 Å². The van der Waals surface area contributed by atoms with Gasteiger partial charge in [0.05, 0.1) is 12.0 Å². The molecule has 2 rings (SSSR count). The summed E-state index contributed by atoms with van der Waals surface area (Å²) in [5, 5.41) is 12.0. The lowest BCUT2D eigenvalue weighted by atomic mass is 9.88. The van der Waals surface area contributed by atoms with Gasteiger partial charge >= 0.3 is 0 Å². The minimum absolute atomic E-state index is 0.509. The molecule has 1 heterocycles. The van der Waals surface area contributed by atoms with Gasteiger partial charge in [0.25, 0.3) is 0 Å². The number of rotatable bonds is 0. The van der Waals surface area contributed by atoms with Gasteiger partial charge in [-0.2, -0.15) is 0 Å². The second kappa shape index (κ2) is 2.66. The number of nitrogens with zero attached hydrogens (tertiary/aromatic N) is 1. The summed E-state index contributed by atoms with van der Waals surface area (Å²) >= 11 is 0. The lowest BCUT2D eigenvalue weighted by molar-refractivity contribution is 0.315. The van der Waals surface area contributed by atoms with Crippen molar-refractivity contribution in [3.8, 4) is 0 Å². The minimum Gasteiger partial charge on any atom is -0.469 e. The molecule has 1 N–H and O–H groups in total. The third-order valence-electron chi connectivity index (χ3n) is 2.25. The van der Waals surface area contributed by atoms with Gasteiger partial charge in [0, 0.05) is 12.0 Å². The fourth-order valence-corrected chi connectivity index (χ4v) is 1.68. The summed E-state index contributed by atoms with van der Waals surface area (Å²) in [7, 11) is 0. The second-order valence-corrected chi connectivity index (χ2v) is 3.32. The predicted octanol–water partition coefficient (Wildman–Crippen LogP) is 2.04. The Balaban J connectivity index is 2.45. The van der Waals surface area contributed by atoms with Crippen molar-refractivity contribution in [3.63, 3.8) is 0 Å². The van der Waals surface area contributed by atoms with E-state index in [0.717, 1.165) is 29.9 Å². The van der Waals surface area contributed by atoms with Crippen molar-refractivity contribution in [3.05, 3.63) is 23.7 Å². The molecule has 0 saturated carbocycles. The smallest absolute Gasteiger partial charge is 0.113 e. The molecule has 1 aliphatic rings. The van der Waals surface area contributed by atoms with E-state index in [0.29, 0.717) is 5.92 Å². The van der Waals surface area contributed by atoms with Crippen LogP contribution in [0.1, 0.15) is 24.7 Å². The zero-order valence-corrected chi connectivity index (χ0v) is 6.95. The molecule has 0 spiro atoms. The van der Waals surface area contributed by atoms with Crippen LogP contribution in [0, 0.1) is 5.92 Å². The van der Waals surface area contributed by atoms with Crippen molar-refractivity contribution >= 4 is 5.71 Å². The van der Waals surface area contributed by atoms with Crippen LogP contribution < -0.4 is 0 Å². The Hall–Kier alpha value is -1.25. The average Bonchev–Trinajstić information content (AvgIpc) is 2.50. The van der Waals surface area contributed by atoms with E-state index in [4.69, 9.17) is 9.62 Å². The Morgan fingerprint density at radius 1 is 1.58 bits per heavy atom. The molecule has 1 aromatic heterocycles. The van der Waals surface area contributed by atoms with E-state index in [1.807, 2.05) is 6.07 Å². The van der Waals surface area contributed by atoms with E-state index < -0.39 is 0 Å². The molecule has 0 aromatic carbocycles. The van der Waals surface area contributed by atoms with E-state index in [1.165, 1.54) is 0 Å². The highest BCUT2D eigenvalue weighted by Gasteiger charge is 2.23. The standard InChI is InChI=1S/C9H11NO2/c1-6-4-8(10-11)7-2-3-12-9(7)5-6/h2-3,6,11H,4-5H2,1H3/b10-8-. The normalized spacial score (nSPS) is 25.8. The molecule has 64 valence electrons. The van der Waals surface area contributed by atoms with Crippen LogP contribution >= 0.6 is 0 Å². The number of furan rings is 1. The molecule has 1 aliphatic carbocycles. The largest absolute Gasteiger partial charge is 0.469 e. The van der Waals surface area contributed by atoms with Gasteiger partial charge in [-0.15, -0.1) is 0 Å². The fraction of sp³-hybridized carbons (Fsp3) is 0.444. The van der Waals surface area contributed by atoms with Gasteiger partial charge in [0.2, 0.25) is 0 Å². The molecule has 0 radical (unpaired) electrons. The molecule has 0 fully saturated rings. The third kappa shape index (κ3) is 1.02.